The molecule has 1 fully saturated rings. The number of ether oxygens (including phenoxy) is 2. The minimum atomic E-state index is -0.722. The third-order valence-corrected chi connectivity index (χ3v) is 2.24. The van der Waals surface area contributed by atoms with Crippen molar-refractivity contribution >= 4 is 5.96 Å². The molecule has 0 aliphatic carbocycles. The van der Waals surface area contributed by atoms with Crippen LogP contribution in [0.15, 0.2) is 5.10 Å². The Morgan fingerprint density at radius 1 is 1.59 bits per heavy atom. The number of hydrogen-bond donors (Lipinski definition) is 1. The number of guanidine groups is 1. The van der Waals surface area contributed by atoms with Crippen LogP contribution in [0.2, 0.25) is 0 Å². The number of rotatable bonds is 7. The Kier molecular flexibility index (Phi) is 5.64. The highest BCUT2D eigenvalue weighted by atomic mass is 16.7. The molecule has 1 N–H and O–H groups in total. The second-order valence-electron chi connectivity index (χ2n) is 3.44. The van der Waals surface area contributed by atoms with E-state index >= 15 is 0 Å². The van der Waals surface area contributed by atoms with E-state index in [9.17, 15) is 10.1 Å². The van der Waals surface area contributed by atoms with Crippen LogP contribution in [-0.2, 0) is 9.47 Å². The third-order valence-electron chi connectivity index (χ3n) is 2.24. The Morgan fingerprint density at radius 3 is 2.94 bits per heavy atom. The zero-order chi connectivity index (χ0) is 12.7. The standard InChI is InChI=1S/C9H18N4O4/c1-3-8(16-4-2)17-7-12-6-5-10-9(12)11-13(14)15/h8H,3-7H2,1-2H3,(H,10,11). The van der Waals surface area contributed by atoms with Gasteiger partial charge in [-0.1, -0.05) is 6.92 Å². The Hall–Kier alpha value is -1.41. The lowest BCUT2D eigenvalue weighted by molar-refractivity contribution is -0.485. The van der Waals surface area contributed by atoms with Crippen LogP contribution in [0.25, 0.3) is 0 Å². The molecule has 0 saturated carbocycles. The van der Waals surface area contributed by atoms with Crippen molar-refractivity contribution in [3.63, 3.8) is 0 Å². The lowest BCUT2D eigenvalue weighted by Crippen LogP contribution is -2.35. The summed E-state index contributed by atoms with van der Waals surface area (Å²) >= 11 is 0. The van der Waals surface area contributed by atoms with Crippen LogP contribution in [0, 0.1) is 10.1 Å². The van der Waals surface area contributed by atoms with E-state index in [1.54, 1.807) is 4.90 Å². The van der Waals surface area contributed by atoms with Gasteiger partial charge in [0, 0.05) is 19.7 Å². The first-order valence-corrected chi connectivity index (χ1v) is 5.62. The first-order valence-electron chi connectivity index (χ1n) is 5.62. The summed E-state index contributed by atoms with van der Waals surface area (Å²) in [6, 6.07) is 0. The van der Waals surface area contributed by atoms with Crippen LogP contribution < -0.4 is 5.32 Å². The summed E-state index contributed by atoms with van der Waals surface area (Å²) in [5, 5.41) is 15.6. The Labute approximate surface area is 99.7 Å². The van der Waals surface area contributed by atoms with E-state index in [-0.39, 0.29) is 19.0 Å². The van der Waals surface area contributed by atoms with E-state index in [1.165, 1.54) is 0 Å². The minimum absolute atomic E-state index is 0.234. The molecule has 1 heterocycles. The molecular formula is C9H18N4O4. The summed E-state index contributed by atoms with van der Waals surface area (Å²) in [6.45, 7) is 5.92. The molecule has 0 spiro atoms. The highest BCUT2D eigenvalue weighted by Crippen LogP contribution is 2.04. The number of nitro groups is 1. The number of nitrogens with one attached hydrogen (secondary N) is 1. The number of nitrogens with zero attached hydrogens (tertiary/aromatic N) is 3. The molecule has 1 aliphatic heterocycles. The van der Waals surface area contributed by atoms with Crippen LogP contribution >= 0.6 is 0 Å². The van der Waals surface area contributed by atoms with Crippen molar-refractivity contribution < 1.29 is 14.5 Å². The third kappa shape index (κ3) is 4.53. The second kappa shape index (κ2) is 7.02. The number of hydrazone groups is 1. The quantitative estimate of drug-likeness (QED) is 0.392. The maximum atomic E-state index is 10.3. The van der Waals surface area contributed by atoms with E-state index < -0.39 is 5.03 Å². The van der Waals surface area contributed by atoms with Crippen LogP contribution in [0.4, 0.5) is 0 Å². The van der Waals surface area contributed by atoms with Gasteiger partial charge in [0.1, 0.15) is 11.8 Å². The summed E-state index contributed by atoms with van der Waals surface area (Å²) in [5.74, 6) is 0.237. The SMILES string of the molecule is CCOC(CC)OCN1CCNC1=N[N+](=O)[O-]. The summed E-state index contributed by atoms with van der Waals surface area (Å²) in [7, 11) is 0. The summed E-state index contributed by atoms with van der Waals surface area (Å²) in [6.07, 6.45) is 0.453. The zero-order valence-electron chi connectivity index (χ0n) is 10.1. The highest BCUT2D eigenvalue weighted by molar-refractivity contribution is 5.81. The maximum absolute atomic E-state index is 10.3. The summed E-state index contributed by atoms with van der Waals surface area (Å²) < 4.78 is 10.8. The van der Waals surface area contributed by atoms with Crippen molar-refractivity contribution in [2.75, 3.05) is 26.4 Å². The smallest absolute Gasteiger partial charge is 0.273 e. The van der Waals surface area contributed by atoms with Crippen molar-refractivity contribution in [2.45, 2.75) is 26.6 Å². The maximum Gasteiger partial charge on any atom is 0.273 e. The first-order chi connectivity index (χ1) is 8.17. The van der Waals surface area contributed by atoms with E-state index in [0.29, 0.717) is 19.7 Å². The van der Waals surface area contributed by atoms with Crippen molar-refractivity contribution in [3.05, 3.63) is 10.1 Å². The molecule has 1 saturated heterocycles. The van der Waals surface area contributed by atoms with Gasteiger partial charge in [-0.3, -0.25) is 0 Å². The topological polar surface area (TPSA) is 89.2 Å². The van der Waals surface area contributed by atoms with Gasteiger partial charge >= 0.3 is 0 Å². The average molecular weight is 246 g/mol. The number of hydrogen-bond acceptors (Lipinski definition) is 4. The van der Waals surface area contributed by atoms with Crippen molar-refractivity contribution in [1.29, 1.82) is 0 Å². The fraction of sp³-hybridized carbons (Fsp3) is 0.889. The van der Waals surface area contributed by atoms with Crippen molar-refractivity contribution in [1.82, 2.24) is 10.2 Å². The molecule has 1 aliphatic rings. The Balaban J connectivity index is 2.42. The molecule has 0 radical (unpaired) electrons. The van der Waals surface area contributed by atoms with Gasteiger partial charge in [0.05, 0.1) is 0 Å². The summed E-state index contributed by atoms with van der Waals surface area (Å²) in [4.78, 5) is 12.0. The molecule has 0 bridgehead atoms. The van der Waals surface area contributed by atoms with E-state index in [0.717, 1.165) is 6.42 Å². The second-order valence-corrected chi connectivity index (χ2v) is 3.44. The minimum Gasteiger partial charge on any atom is -0.353 e. The molecule has 1 atom stereocenters. The Bertz CT molecular complexity index is 284. The lowest BCUT2D eigenvalue weighted by Gasteiger charge is -2.20. The molecule has 17 heavy (non-hydrogen) atoms. The molecule has 1 unspecified atom stereocenters. The molecule has 0 amide bonds. The van der Waals surface area contributed by atoms with E-state index in [1.807, 2.05) is 13.8 Å². The predicted molar refractivity (Wildman–Crippen MR) is 60.8 cm³/mol. The monoisotopic (exact) mass is 246 g/mol. The van der Waals surface area contributed by atoms with Gasteiger partial charge in [0.25, 0.3) is 5.96 Å². The van der Waals surface area contributed by atoms with E-state index in [2.05, 4.69) is 10.4 Å². The molecular weight excluding hydrogens is 228 g/mol. The molecule has 0 aromatic rings. The van der Waals surface area contributed by atoms with Gasteiger partial charge in [-0.15, -0.1) is 0 Å². The van der Waals surface area contributed by atoms with E-state index in [4.69, 9.17) is 9.47 Å². The van der Waals surface area contributed by atoms with Crippen LogP contribution in [0.3, 0.4) is 0 Å². The van der Waals surface area contributed by atoms with Crippen molar-refractivity contribution in [2.24, 2.45) is 5.10 Å². The van der Waals surface area contributed by atoms with Gasteiger partial charge < -0.3 is 19.7 Å². The van der Waals surface area contributed by atoms with Gasteiger partial charge in [0.2, 0.25) is 0 Å². The van der Waals surface area contributed by atoms with Gasteiger partial charge in [0.15, 0.2) is 11.3 Å². The van der Waals surface area contributed by atoms with Gasteiger partial charge in [-0.2, -0.15) is 0 Å². The van der Waals surface area contributed by atoms with Crippen LogP contribution in [-0.4, -0.2) is 48.6 Å². The highest BCUT2D eigenvalue weighted by Gasteiger charge is 2.22. The molecule has 1 rings (SSSR count). The van der Waals surface area contributed by atoms with Gasteiger partial charge in [-0.05, 0) is 13.3 Å². The molecule has 0 aromatic heterocycles. The zero-order valence-corrected chi connectivity index (χ0v) is 10.1. The molecule has 8 heteroatoms. The first kappa shape index (κ1) is 13.7. The lowest BCUT2D eigenvalue weighted by atomic mass is 10.5. The van der Waals surface area contributed by atoms with Crippen LogP contribution in [0.1, 0.15) is 20.3 Å². The van der Waals surface area contributed by atoms with Gasteiger partial charge in [-0.25, -0.2) is 10.1 Å². The molecule has 0 aromatic carbocycles. The fourth-order valence-electron chi connectivity index (χ4n) is 1.46. The largest absolute Gasteiger partial charge is 0.353 e. The average Bonchev–Trinajstić information content (AvgIpc) is 2.71. The summed E-state index contributed by atoms with van der Waals surface area (Å²) in [5.41, 5.74) is 0. The Morgan fingerprint density at radius 2 is 2.35 bits per heavy atom. The normalized spacial score (nSPS) is 19.4. The molecule has 8 nitrogen and oxygen atoms in total. The fourth-order valence-corrected chi connectivity index (χ4v) is 1.46. The van der Waals surface area contributed by atoms with Crippen molar-refractivity contribution in [3.8, 4) is 0 Å². The molecule has 98 valence electrons. The predicted octanol–water partition coefficient (Wildman–Crippen LogP) is 0.186. The van der Waals surface area contributed by atoms with Crippen LogP contribution in [0.5, 0.6) is 0 Å².